The zero-order valence-electron chi connectivity index (χ0n) is 15.4. The van der Waals surface area contributed by atoms with Crippen LogP contribution in [-0.4, -0.2) is 41.8 Å². The molecule has 0 saturated heterocycles. The highest BCUT2D eigenvalue weighted by molar-refractivity contribution is 5.77. The molecule has 26 heavy (non-hydrogen) atoms. The van der Waals surface area contributed by atoms with Crippen molar-refractivity contribution in [1.29, 1.82) is 0 Å². The van der Waals surface area contributed by atoms with Crippen LogP contribution in [0.1, 0.15) is 40.0 Å². The van der Waals surface area contributed by atoms with Gasteiger partial charge in [0.05, 0.1) is 6.20 Å². The average Bonchev–Trinajstić information content (AvgIpc) is 2.98. The van der Waals surface area contributed by atoms with Crippen LogP contribution in [0.2, 0.25) is 0 Å². The number of hydrogen-bond acceptors (Lipinski definition) is 5. The third kappa shape index (κ3) is 7.25. The zero-order valence-corrected chi connectivity index (χ0v) is 15.4. The van der Waals surface area contributed by atoms with Gasteiger partial charge in [-0.1, -0.05) is 0 Å². The molecule has 2 amide bonds. The van der Waals surface area contributed by atoms with Crippen LogP contribution in [0.3, 0.4) is 0 Å². The number of aromatic nitrogens is 1. The normalized spacial score (nSPS) is 19.7. The lowest BCUT2D eigenvalue weighted by molar-refractivity contribution is -0.123. The summed E-state index contributed by atoms with van der Waals surface area (Å²) < 4.78 is 23.2. The first-order chi connectivity index (χ1) is 12.2. The minimum absolute atomic E-state index is 0.0615. The van der Waals surface area contributed by atoms with E-state index in [-0.39, 0.29) is 24.4 Å². The van der Waals surface area contributed by atoms with Crippen LogP contribution in [0, 0.1) is 11.7 Å². The second-order valence-corrected chi connectivity index (χ2v) is 7.43. The van der Waals surface area contributed by atoms with E-state index < -0.39 is 17.5 Å². The molecule has 1 heterocycles. The van der Waals surface area contributed by atoms with Crippen molar-refractivity contribution < 1.29 is 23.5 Å². The van der Waals surface area contributed by atoms with E-state index in [4.69, 9.17) is 9.47 Å². The molecule has 1 aromatic heterocycles. The van der Waals surface area contributed by atoms with Crippen molar-refractivity contribution in [2.24, 2.45) is 5.92 Å². The highest BCUT2D eigenvalue weighted by atomic mass is 19.1. The molecule has 1 saturated carbocycles. The minimum atomic E-state index is -0.518. The number of pyridine rings is 1. The zero-order chi connectivity index (χ0) is 19.2. The van der Waals surface area contributed by atoms with Crippen LogP contribution in [-0.2, 0) is 9.53 Å². The molecule has 0 bridgehead atoms. The van der Waals surface area contributed by atoms with Gasteiger partial charge in [0.25, 0.3) is 5.91 Å². The van der Waals surface area contributed by atoms with Gasteiger partial charge in [0.15, 0.2) is 6.61 Å². The second kappa shape index (κ2) is 8.82. The Morgan fingerprint density at radius 3 is 2.73 bits per heavy atom. The van der Waals surface area contributed by atoms with Crippen molar-refractivity contribution in [3.8, 4) is 5.88 Å². The monoisotopic (exact) mass is 367 g/mol. The third-order valence-corrected chi connectivity index (χ3v) is 3.90. The second-order valence-electron chi connectivity index (χ2n) is 7.43. The summed E-state index contributed by atoms with van der Waals surface area (Å²) in [5.41, 5.74) is -0.518. The third-order valence-electron chi connectivity index (χ3n) is 3.90. The fourth-order valence-corrected chi connectivity index (χ4v) is 2.76. The van der Waals surface area contributed by atoms with Crippen LogP contribution >= 0.6 is 0 Å². The number of ether oxygens (including phenoxy) is 2. The molecule has 7 nitrogen and oxygen atoms in total. The summed E-state index contributed by atoms with van der Waals surface area (Å²) in [6.07, 6.45) is 3.19. The first kappa shape index (κ1) is 19.9. The summed E-state index contributed by atoms with van der Waals surface area (Å²) in [5, 5.41) is 5.68. The molecule has 8 heteroatoms. The maximum atomic E-state index is 12.7. The highest BCUT2D eigenvalue weighted by Crippen LogP contribution is 2.25. The van der Waals surface area contributed by atoms with E-state index >= 15 is 0 Å². The fraction of sp³-hybridized carbons (Fsp3) is 0.611. The van der Waals surface area contributed by atoms with Crippen LogP contribution in [0.15, 0.2) is 18.3 Å². The number of rotatable bonds is 6. The SMILES string of the molecule is CC(C)(C)OC(=O)NC1CCC(CNC(=O)COc2ccc(F)cn2)C1. The molecule has 1 aromatic rings. The van der Waals surface area contributed by atoms with E-state index in [0.29, 0.717) is 12.5 Å². The lowest BCUT2D eigenvalue weighted by atomic mass is 10.1. The van der Waals surface area contributed by atoms with E-state index in [1.807, 2.05) is 20.8 Å². The molecule has 1 fully saturated rings. The minimum Gasteiger partial charge on any atom is -0.468 e. The highest BCUT2D eigenvalue weighted by Gasteiger charge is 2.27. The Kier molecular flexibility index (Phi) is 6.76. The van der Waals surface area contributed by atoms with Gasteiger partial charge in [-0.2, -0.15) is 0 Å². The molecule has 1 aliphatic carbocycles. The molecule has 2 rings (SSSR count). The van der Waals surface area contributed by atoms with Crippen molar-refractivity contribution in [3.63, 3.8) is 0 Å². The lowest BCUT2D eigenvalue weighted by Gasteiger charge is -2.21. The average molecular weight is 367 g/mol. The quantitative estimate of drug-likeness (QED) is 0.806. The van der Waals surface area contributed by atoms with Gasteiger partial charge in [-0.25, -0.2) is 14.2 Å². The first-order valence-electron chi connectivity index (χ1n) is 8.72. The number of halogens is 1. The lowest BCUT2D eigenvalue weighted by Crippen LogP contribution is -2.38. The van der Waals surface area contributed by atoms with Gasteiger partial charge in [-0.05, 0) is 52.0 Å². The maximum Gasteiger partial charge on any atom is 0.407 e. The fourth-order valence-electron chi connectivity index (χ4n) is 2.76. The molecule has 144 valence electrons. The van der Waals surface area contributed by atoms with Gasteiger partial charge in [-0.3, -0.25) is 4.79 Å². The first-order valence-corrected chi connectivity index (χ1v) is 8.72. The standard InChI is InChI=1S/C18H26FN3O4/c1-18(2,3)26-17(24)22-14-6-4-12(8-14)9-20-15(23)11-25-16-7-5-13(19)10-21-16/h5,7,10,12,14H,4,6,8-9,11H2,1-3H3,(H,20,23)(H,22,24). The summed E-state index contributed by atoms with van der Waals surface area (Å²) in [5.74, 6) is -0.232. The van der Waals surface area contributed by atoms with Gasteiger partial charge in [-0.15, -0.1) is 0 Å². The van der Waals surface area contributed by atoms with Crippen molar-refractivity contribution >= 4 is 12.0 Å². The summed E-state index contributed by atoms with van der Waals surface area (Å²) in [6.45, 7) is 5.81. The van der Waals surface area contributed by atoms with Gasteiger partial charge >= 0.3 is 6.09 Å². The number of alkyl carbamates (subject to hydrolysis) is 1. The van der Waals surface area contributed by atoms with E-state index in [1.165, 1.54) is 12.1 Å². The molecule has 0 radical (unpaired) electrons. The molecule has 0 aromatic carbocycles. The predicted octanol–water partition coefficient (Wildman–Crippen LogP) is 2.41. The number of amides is 2. The summed E-state index contributed by atoms with van der Waals surface area (Å²) in [6, 6.07) is 2.65. The summed E-state index contributed by atoms with van der Waals surface area (Å²) in [4.78, 5) is 27.3. The van der Waals surface area contributed by atoms with Crippen LogP contribution in [0.4, 0.5) is 9.18 Å². The van der Waals surface area contributed by atoms with E-state index in [0.717, 1.165) is 25.5 Å². The van der Waals surface area contributed by atoms with Crippen molar-refractivity contribution in [3.05, 3.63) is 24.1 Å². The van der Waals surface area contributed by atoms with Gasteiger partial charge in [0.1, 0.15) is 11.4 Å². The Bertz CT molecular complexity index is 616. The predicted molar refractivity (Wildman–Crippen MR) is 93.2 cm³/mol. The van der Waals surface area contributed by atoms with Gasteiger partial charge < -0.3 is 20.1 Å². The van der Waals surface area contributed by atoms with E-state index in [1.54, 1.807) is 0 Å². The Morgan fingerprint density at radius 1 is 1.31 bits per heavy atom. The molecule has 2 unspecified atom stereocenters. The molecular formula is C18H26FN3O4. The Morgan fingerprint density at radius 2 is 2.08 bits per heavy atom. The molecule has 2 atom stereocenters. The van der Waals surface area contributed by atoms with Crippen molar-refractivity contribution in [2.75, 3.05) is 13.2 Å². The molecular weight excluding hydrogens is 341 g/mol. The van der Waals surface area contributed by atoms with Gasteiger partial charge in [0.2, 0.25) is 5.88 Å². The van der Waals surface area contributed by atoms with Gasteiger partial charge in [0, 0.05) is 18.7 Å². The molecule has 0 aliphatic heterocycles. The van der Waals surface area contributed by atoms with Crippen molar-refractivity contribution in [1.82, 2.24) is 15.6 Å². The Labute approximate surface area is 152 Å². The van der Waals surface area contributed by atoms with Crippen molar-refractivity contribution in [2.45, 2.75) is 51.7 Å². The summed E-state index contributed by atoms with van der Waals surface area (Å²) in [7, 11) is 0. The largest absolute Gasteiger partial charge is 0.468 e. The number of nitrogens with one attached hydrogen (secondary N) is 2. The van der Waals surface area contributed by atoms with Crippen LogP contribution < -0.4 is 15.4 Å². The van der Waals surface area contributed by atoms with Crippen LogP contribution in [0.25, 0.3) is 0 Å². The number of nitrogens with zero attached hydrogens (tertiary/aromatic N) is 1. The van der Waals surface area contributed by atoms with Crippen LogP contribution in [0.5, 0.6) is 5.88 Å². The van der Waals surface area contributed by atoms with E-state index in [2.05, 4.69) is 15.6 Å². The summed E-state index contributed by atoms with van der Waals surface area (Å²) >= 11 is 0. The molecule has 0 spiro atoms. The molecule has 1 aliphatic rings. The molecule has 2 N–H and O–H groups in total. The smallest absolute Gasteiger partial charge is 0.407 e. The topological polar surface area (TPSA) is 89.6 Å². The van der Waals surface area contributed by atoms with E-state index in [9.17, 15) is 14.0 Å². The number of carbonyl (C=O) groups is 2. The Balaban J connectivity index is 1.63. The number of carbonyl (C=O) groups excluding carboxylic acids is 2. The maximum absolute atomic E-state index is 12.7. The Hall–Kier alpha value is -2.38. The number of hydrogen-bond donors (Lipinski definition) is 2.